The van der Waals surface area contributed by atoms with Gasteiger partial charge in [0.05, 0.1) is 6.61 Å². The Bertz CT molecular complexity index is 806. The molecule has 0 atom stereocenters. The van der Waals surface area contributed by atoms with Crippen molar-refractivity contribution < 1.29 is 9.90 Å². The van der Waals surface area contributed by atoms with Gasteiger partial charge >= 0.3 is 0 Å². The maximum atomic E-state index is 12.8. The van der Waals surface area contributed by atoms with Crippen LogP contribution in [0.25, 0.3) is 0 Å². The lowest BCUT2D eigenvalue weighted by Gasteiger charge is -2.26. The Hall–Kier alpha value is -3.10. The monoisotopic (exact) mass is 363 g/mol. The number of rotatable bonds is 8. The van der Waals surface area contributed by atoms with Gasteiger partial charge in [-0.15, -0.1) is 0 Å². The Balaban J connectivity index is 2.04. The zero-order chi connectivity index (χ0) is 19.6. The number of amides is 1. The number of benzene rings is 2. The molecule has 0 saturated carbocycles. The number of nitriles is 1. The summed E-state index contributed by atoms with van der Waals surface area (Å²) in [6.07, 6.45) is 1.47. The van der Waals surface area contributed by atoms with Gasteiger partial charge in [-0.1, -0.05) is 54.6 Å². The van der Waals surface area contributed by atoms with Crippen molar-refractivity contribution in [2.45, 2.75) is 39.6 Å². The molecular weight excluding hydrogens is 338 g/mol. The molecule has 1 amide bonds. The maximum absolute atomic E-state index is 12.8. The maximum Gasteiger partial charge on any atom is 0.266 e. The number of aliphatic hydroxyl groups excluding tert-OH is 1. The molecule has 0 aliphatic heterocycles. The third-order valence-corrected chi connectivity index (χ3v) is 4.19. The van der Waals surface area contributed by atoms with Crippen LogP contribution in [0, 0.1) is 11.3 Å². The average molecular weight is 363 g/mol. The largest absolute Gasteiger partial charge is 0.392 e. The zero-order valence-corrected chi connectivity index (χ0v) is 15.7. The van der Waals surface area contributed by atoms with Crippen LogP contribution in [0.4, 0.5) is 0 Å². The van der Waals surface area contributed by atoms with Gasteiger partial charge in [-0.3, -0.25) is 4.79 Å². The molecule has 2 aromatic rings. The first-order valence-corrected chi connectivity index (χ1v) is 8.92. The molecule has 140 valence electrons. The number of carbonyl (C=O) groups is 1. The summed E-state index contributed by atoms with van der Waals surface area (Å²) in [5.41, 5.74) is 2.94. The average Bonchev–Trinajstić information content (AvgIpc) is 2.70. The van der Waals surface area contributed by atoms with Crippen molar-refractivity contribution in [2.75, 3.05) is 0 Å². The summed E-state index contributed by atoms with van der Waals surface area (Å²) in [4.78, 5) is 14.5. The summed E-state index contributed by atoms with van der Waals surface area (Å²) in [5, 5.41) is 21.5. The first-order chi connectivity index (χ1) is 13.0. The third-order valence-electron chi connectivity index (χ3n) is 4.19. The third kappa shape index (κ3) is 5.98. The highest BCUT2D eigenvalue weighted by molar-refractivity contribution is 5.97. The quantitative estimate of drug-likeness (QED) is 0.558. The number of carbonyl (C=O) groups excluding carboxylic acids is 1. The second-order valence-corrected chi connectivity index (χ2v) is 6.54. The van der Waals surface area contributed by atoms with Crippen LogP contribution in [-0.2, 0) is 24.5 Å². The van der Waals surface area contributed by atoms with E-state index in [0.29, 0.717) is 13.1 Å². The molecule has 0 unspecified atom stereocenters. The standard InChI is InChI=1S/C22H25N3O2/c1-17(2)25(15-19-6-4-3-5-7-19)22(27)21(12-23)14-24-13-18-8-10-20(16-26)11-9-18/h3-11,14,17,24,26H,13,15-16H2,1-2H3/b21-14-. The molecule has 0 aliphatic carbocycles. The lowest BCUT2D eigenvalue weighted by Crippen LogP contribution is -2.37. The smallest absolute Gasteiger partial charge is 0.266 e. The van der Waals surface area contributed by atoms with Crippen LogP contribution in [0.15, 0.2) is 66.4 Å². The minimum atomic E-state index is -0.292. The normalized spacial score (nSPS) is 11.1. The minimum Gasteiger partial charge on any atom is -0.392 e. The molecular formula is C22H25N3O2. The van der Waals surface area contributed by atoms with Gasteiger partial charge in [0.2, 0.25) is 0 Å². The van der Waals surface area contributed by atoms with Crippen LogP contribution >= 0.6 is 0 Å². The number of nitrogens with zero attached hydrogens (tertiary/aromatic N) is 2. The van der Waals surface area contributed by atoms with Gasteiger partial charge in [0.1, 0.15) is 11.6 Å². The van der Waals surface area contributed by atoms with E-state index in [1.165, 1.54) is 6.20 Å². The van der Waals surface area contributed by atoms with E-state index in [2.05, 4.69) is 5.32 Å². The van der Waals surface area contributed by atoms with Crippen molar-refractivity contribution in [2.24, 2.45) is 0 Å². The Labute approximate surface area is 160 Å². The molecule has 0 aromatic heterocycles. The van der Waals surface area contributed by atoms with E-state index in [1.807, 2.05) is 74.5 Å². The Morgan fingerprint density at radius 3 is 2.30 bits per heavy atom. The van der Waals surface area contributed by atoms with Crippen molar-refractivity contribution in [1.29, 1.82) is 5.26 Å². The van der Waals surface area contributed by atoms with E-state index in [0.717, 1.165) is 16.7 Å². The van der Waals surface area contributed by atoms with E-state index in [1.54, 1.807) is 4.90 Å². The molecule has 5 heteroatoms. The van der Waals surface area contributed by atoms with Crippen LogP contribution < -0.4 is 5.32 Å². The van der Waals surface area contributed by atoms with Crippen molar-refractivity contribution in [1.82, 2.24) is 10.2 Å². The summed E-state index contributed by atoms with van der Waals surface area (Å²) >= 11 is 0. The van der Waals surface area contributed by atoms with Gasteiger partial charge in [-0.05, 0) is 30.5 Å². The molecule has 0 radical (unpaired) electrons. The predicted octanol–water partition coefficient (Wildman–Crippen LogP) is 3.11. The van der Waals surface area contributed by atoms with Crippen LogP contribution in [0.5, 0.6) is 0 Å². The van der Waals surface area contributed by atoms with E-state index in [9.17, 15) is 10.1 Å². The highest BCUT2D eigenvalue weighted by Gasteiger charge is 2.21. The van der Waals surface area contributed by atoms with E-state index >= 15 is 0 Å². The molecule has 0 fully saturated rings. The van der Waals surface area contributed by atoms with E-state index < -0.39 is 0 Å². The van der Waals surface area contributed by atoms with Crippen LogP contribution in [0.2, 0.25) is 0 Å². The van der Waals surface area contributed by atoms with Gasteiger partial charge in [-0.2, -0.15) is 5.26 Å². The minimum absolute atomic E-state index is 0.00709. The second-order valence-electron chi connectivity index (χ2n) is 6.54. The molecule has 0 aliphatic rings. The fourth-order valence-corrected chi connectivity index (χ4v) is 2.60. The Kier molecular flexibility index (Phi) is 7.60. The highest BCUT2D eigenvalue weighted by Crippen LogP contribution is 2.12. The number of hydrogen-bond donors (Lipinski definition) is 2. The molecule has 0 spiro atoms. The number of nitrogens with one attached hydrogen (secondary N) is 1. The molecule has 2 aromatic carbocycles. The van der Waals surface area contributed by atoms with Gasteiger partial charge in [0.25, 0.3) is 5.91 Å². The van der Waals surface area contributed by atoms with Gasteiger partial charge < -0.3 is 15.3 Å². The SMILES string of the molecule is CC(C)N(Cc1ccccc1)C(=O)/C(C#N)=C\NCc1ccc(CO)cc1. The molecule has 5 nitrogen and oxygen atoms in total. The van der Waals surface area contributed by atoms with Crippen molar-refractivity contribution in [3.8, 4) is 6.07 Å². The summed E-state index contributed by atoms with van der Waals surface area (Å²) in [6, 6.07) is 19.2. The van der Waals surface area contributed by atoms with Crippen molar-refractivity contribution in [3.63, 3.8) is 0 Å². The van der Waals surface area contributed by atoms with Crippen LogP contribution in [0.3, 0.4) is 0 Å². The molecule has 0 bridgehead atoms. The first kappa shape index (κ1) is 20.2. The van der Waals surface area contributed by atoms with Gasteiger partial charge in [0.15, 0.2) is 0 Å². The van der Waals surface area contributed by atoms with Crippen LogP contribution in [0.1, 0.15) is 30.5 Å². The van der Waals surface area contributed by atoms with Gasteiger partial charge in [-0.25, -0.2) is 0 Å². The highest BCUT2D eigenvalue weighted by atomic mass is 16.3. The summed E-state index contributed by atoms with van der Waals surface area (Å²) in [7, 11) is 0. The molecule has 2 rings (SSSR count). The van der Waals surface area contributed by atoms with Gasteiger partial charge in [0, 0.05) is 25.3 Å². The fourth-order valence-electron chi connectivity index (χ4n) is 2.60. The van der Waals surface area contributed by atoms with Crippen molar-refractivity contribution in [3.05, 3.63) is 83.1 Å². The zero-order valence-electron chi connectivity index (χ0n) is 15.7. The number of hydrogen-bond acceptors (Lipinski definition) is 4. The Morgan fingerprint density at radius 1 is 1.11 bits per heavy atom. The summed E-state index contributed by atoms with van der Waals surface area (Å²) in [6.45, 7) is 4.83. The van der Waals surface area contributed by atoms with E-state index in [4.69, 9.17) is 5.11 Å². The predicted molar refractivity (Wildman–Crippen MR) is 105 cm³/mol. The summed E-state index contributed by atoms with van der Waals surface area (Å²) < 4.78 is 0. The molecule has 27 heavy (non-hydrogen) atoms. The first-order valence-electron chi connectivity index (χ1n) is 8.92. The lowest BCUT2D eigenvalue weighted by atomic mass is 10.1. The van der Waals surface area contributed by atoms with Crippen LogP contribution in [-0.4, -0.2) is 22.0 Å². The van der Waals surface area contributed by atoms with Crippen molar-refractivity contribution >= 4 is 5.91 Å². The summed E-state index contributed by atoms with van der Waals surface area (Å²) in [5.74, 6) is -0.292. The lowest BCUT2D eigenvalue weighted by molar-refractivity contribution is -0.129. The van der Waals surface area contributed by atoms with E-state index in [-0.39, 0.29) is 24.1 Å². The Morgan fingerprint density at radius 2 is 1.74 bits per heavy atom. The second kappa shape index (κ2) is 10.1. The fraction of sp³-hybridized carbons (Fsp3) is 0.273. The molecule has 2 N–H and O–H groups in total. The number of aliphatic hydroxyl groups is 1. The molecule has 0 heterocycles. The topological polar surface area (TPSA) is 76.4 Å². The molecule has 0 saturated heterocycles.